The molecular formula is C19H17F3N2O2. The van der Waals surface area contributed by atoms with Gasteiger partial charge in [0, 0.05) is 17.0 Å². The Balaban J connectivity index is 2.34. The Hall–Kier alpha value is -2.96. The summed E-state index contributed by atoms with van der Waals surface area (Å²) in [5, 5.41) is 24.2. The maximum atomic E-state index is 13.4. The normalized spacial score (nSPS) is 11.7. The zero-order chi connectivity index (χ0) is 19.1. The number of alkyl halides is 3. The lowest BCUT2D eigenvalue weighted by atomic mass is 10.0. The van der Waals surface area contributed by atoms with Crippen LogP contribution in [0.1, 0.15) is 19.4 Å². The first kappa shape index (κ1) is 17.8. The van der Waals surface area contributed by atoms with Gasteiger partial charge < -0.3 is 10.2 Å². The van der Waals surface area contributed by atoms with Gasteiger partial charge >= 0.3 is 6.18 Å². The first-order chi connectivity index (χ1) is 12.2. The lowest BCUT2D eigenvalue weighted by Crippen LogP contribution is -2.06. The molecule has 0 aliphatic rings. The van der Waals surface area contributed by atoms with Gasteiger partial charge in [-0.1, -0.05) is 23.8 Å². The highest BCUT2D eigenvalue weighted by molar-refractivity contribution is 5.96. The molecule has 0 aliphatic heterocycles. The van der Waals surface area contributed by atoms with E-state index in [1.165, 1.54) is 28.9 Å². The highest BCUT2D eigenvalue weighted by Crippen LogP contribution is 2.40. The van der Waals surface area contributed by atoms with E-state index in [0.29, 0.717) is 11.3 Å². The van der Waals surface area contributed by atoms with E-state index in [0.717, 1.165) is 17.7 Å². The number of nitrogens with zero attached hydrogens (tertiary/aromatic N) is 2. The van der Waals surface area contributed by atoms with Crippen molar-refractivity contribution in [3.8, 4) is 22.8 Å². The average Bonchev–Trinajstić information content (AvgIpc) is 2.90. The van der Waals surface area contributed by atoms with Gasteiger partial charge in [0.2, 0.25) is 0 Å². The fourth-order valence-corrected chi connectivity index (χ4v) is 2.79. The molecule has 4 nitrogen and oxygen atoms in total. The van der Waals surface area contributed by atoms with Gasteiger partial charge in [-0.15, -0.1) is 0 Å². The van der Waals surface area contributed by atoms with Gasteiger partial charge in [0.25, 0.3) is 0 Å². The minimum absolute atomic E-state index is 0.137. The quantitative estimate of drug-likeness (QED) is 0.638. The van der Waals surface area contributed by atoms with Gasteiger partial charge in [-0.2, -0.15) is 18.3 Å². The molecule has 0 unspecified atom stereocenters. The van der Waals surface area contributed by atoms with Crippen LogP contribution in [-0.4, -0.2) is 20.0 Å². The number of halogens is 3. The maximum Gasteiger partial charge on any atom is 0.418 e. The van der Waals surface area contributed by atoms with Crippen LogP contribution in [-0.2, 0) is 12.7 Å². The smallest absolute Gasteiger partial charge is 0.418 e. The lowest BCUT2D eigenvalue weighted by molar-refractivity contribution is -0.136. The molecule has 0 saturated carbocycles. The maximum absolute atomic E-state index is 13.4. The van der Waals surface area contributed by atoms with Gasteiger partial charge in [0.05, 0.1) is 17.8 Å². The van der Waals surface area contributed by atoms with Gasteiger partial charge in [-0.25, -0.2) is 0 Å². The number of allylic oxidation sites excluding steroid dienone is 2. The Labute approximate surface area is 147 Å². The molecule has 0 fully saturated rings. The number of aromatic hydroxyl groups is 2. The summed E-state index contributed by atoms with van der Waals surface area (Å²) in [7, 11) is 0. The van der Waals surface area contributed by atoms with Crippen LogP contribution >= 0.6 is 0 Å². The SMILES string of the molecule is CC(C)=CCn1nc2c(C(F)(F)F)cccc2c1-c1ccc(O)cc1O. The lowest BCUT2D eigenvalue weighted by Gasteiger charge is -2.09. The fraction of sp³-hybridized carbons (Fsp3) is 0.211. The topological polar surface area (TPSA) is 58.3 Å². The van der Waals surface area contributed by atoms with E-state index < -0.39 is 11.7 Å². The average molecular weight is 362 g/mol. The number of benzene rings is 2. The molecule has 0 radical (unpaired) electrons. The minimum Gasteiger partial charge on any atom is -0.508 e. The van der Waals surface area contributed by atoms with E-state index in [1.807, 2.05) is 19.9 Å². The molecule has 3 rings (SSSR count). The standard InChI is InChI=1S/C19H17F3N2O2/c1-11(2)8-9-24-18(13-7-6-12(25)10-16(13)26)14-4-3-5-15(17(14)23-24)19(20,21)22/h3-8,10,25-26H,9H2,1-2H3. The van der Waals surface area contributed by atoms with Crippen LogP contribution in [0.15, 0.2) is 48.0 Å². The van der Waals surface area contributed by atoms with E-state index >= 15 is 0 Å². The summed E-state index contributed by atoms with van der Waals surface area (Å²) in [6.07, 6.45) is -2.70. The first-order valence-corrected chi connectivity index (χ1v) is 7.91. The second kappa shape index (κ2) is 6.40. The van der Waals surface area contributed by atoms with Crippen molar-refractivity contribution in [2.45, 2.75) is 26.6 Å². The van der Waals surface area contributed by atoms with Crippen LogP contribution in [0.3, 0.4) is 0 Å². The minimum atomic E-state index is -4.54. The van der Waals surface area contributed by atoms with Crippen LogP contribution in [0.2, 0.25) is 0 Å². The Morgan fingerprint density at radius 2 is 1.88 bits per heavy atom. The summed E-state index contributed by atoms with van der Waals surface area (Å²) in [6.45, 7) is 4.01. The highest BCUT2D eigenvalue weighted by atomic mass is 19.4. The Kier molecular flexibility index (Phi) is 4.39. The van der Waals surface area contributed by atoms with Crippen molar-refractivity contribution in [3.05, 3.63) is 53.6 Å². The zero-order valence-corrected chi connectivity index (χ0v) is 14.2. The molecule has 2 aromatic carbocycles. The number of aromatic nitrogens is 2. The number of fused-ring (bicyclic) bond motifs is 1. The molecule has 26 heavy (non-hydrogen) atoms. The van der Waals surface area contributed by atoms with Crippen LogP contribution in [0.4, 0.5) is 13.2 Å². The Morgan fingerprint density at radius 1 is 1.15 bits per heavy atom. The summed E-state index contributed by atoms with van der Waals surface area (Å²) in [5.74, 6) is -0.371. The molecule has 0 saturated heterocycles. The Morgan fingerprint density at radius 3 is 2.50 bits per heavy atom. The molecule has 136 valence electrons. The number of hydrogen-bond donors (Lipinski definition) is 2. The second-order valence-electron chi connectivity index (χ2n) is 6.21. The van der Waals surface area contributed by atoms with Crippen LogP contribution < -0.4 is 0 Å². The summed E-state index contributed by atoms with van der Waals surface area (Å²) in [5.41, 5.74) is 0.643. The van der Waals surface area contributed by atoms with Crippen molar-refractivity contribution >= 4 is 10.9 Å². The largest absolute Gasteiger partial charge is 0.508 e. The number of phenols is 2. The van der Waals surface area contributed by atoms with E-state index in [2.05, 4.69) is 5.10 Å². The first-order valence-electron chi connectivity index (χ1n) is 7.91. The fourth-order valence-electron chi connectivity index (χ4n) is 2.79. The van der Waals surface area contributed by atoms with Crippen molar-refractivity contribution in [3.63, 3.8) is 0 Å². The molecule has 1 heterocycles. The molecule has 3 aromatic rings. The molecule has 1 aromatic heterocycles. The van der Waals surface area contributed by atoms with Crippen molar-refractivity contribution < 1.29 is 23.4 Å². The van der Waals surface area contributed by atoms with Gasteiger partial charge in [0.15, 0.2) is 0 Å². The number of rotatable bonds is 3. The predicted octanol–water partition coefficient (Wildman–Crippen LogP) is 5.10. The van der Waals surface area contributed by atoms with E-state index in [4.69, 9.17) is 0 Å². The molecule has 0 amide bonds. The van der Waals surface area contributed by atoms with Crippen LogP contribution in [0.25, 0.3) is 22.2 Å². The third-order valence-corrected chi connectivity index (χ3v) is 3.98. The van der Waals surface area contributed by atoms with Gasteiger partial charge in [-0.05, 0) is 32.0 Å². The molecule has 7 heteroatoms. The molecule has 0 aliphatic carbocycles. The van der Waals surface area contributed by atoms with Crippen LogP contribution in [0.5, 0.6) is 11.5 Å². The summed E-state index contributed by atoms with van der Waals surface area (Å²) < 4.78 is 41.5. The molecule has 0 bridgehead atoms. The zero-order valence-electron chi connectivity index (χ0n) is 14.2. The number of phenolic OH excluding ortho intramolecular Hbond substituents is 2. The Bertz CT molecular complexity index is 1000. The molecule has 2 N–H and O–H groups in total. The molecular weight excluding hydrogens is 345 g/mol. The van der Waals surface area contributed by atoms with Crippen molar-refractivity contribution in [2.75, 3.05) is 0 Å². The highest BCUT2D eigenvalue weighted by Gasteiger charge is 2.34. The summed E-state index contributed by atoms with van der Waals surface area (Å²) >= 11 is 0. The third-order valence-electron chi connectivity index (χ3n) is 3.98. The van der Waals surface area contributed by atoms with Gasteiger partial charge in [0.1, 0.15) is 17.0 Å². The van der Waals surface area contributed by atoms with Crippen LogP contribution in [0, 0.1) is 0 Å². The van der Waals surface area contributed by atoms with Gasteiger partial charge in [-0.3, -0.25) is 4.68 Å². The van der Waals surface area contributed by atoms with Crippen molar-refractivity contribution in [1.82, 2.24) is 9.78 Å². The summed E-state index contributed by atoms with van der Waals surface area (Å²) in [6, 6.07) is 7.82. The van der Waals surface area contributed by atoms with E-state index in [1.54, 1.807) is 0 Å². The molecule has 0 spiro atoms. The van der Waals surface area contributed by atoms with Crippen molar-refractivity contribution in [2.24, 2.45) is 0 Å². The van der Waals surface area contributed by atoms with E-state index in [9.17, 15) is 23.4 Å². The molecule has 0 atom stereocenters. The predicted molar refractivity (Wildman–Crippen MR) is 92.9 cm³/mol. The van der Waals surface area contributed by atoms with Crippen molar-refractivity contribution in [1.29, 1.82) is 0 Å². The summed E-state index contributed by atoms with van der Waals surface area (Å²) in [4.78, 5) is 0. The monoisotopic (exact) mass is 362 g/mol. The number of hydrogen-bond acceptors (Lipinski definition) is 3. The van der Waals surface area contributed by atoms with E-state index in [-0.39, 0.29) is 28.9 Å². The third kappa shape index (κ3) is 3.24. The second-order valence-corrected chi connectivity index (χ2v) is 6.21.